The van der Waals surface area contributed by atoms with Crippen molar-refractivity contribution in [1.82, 2.24) is 0 Å². The molecule has 0 aliphatic carbocycles. The molecule has 0 spiro atoms. The van der Waals surface area contributed by atoms with Crippen molar-refractivity contribution in [3.05, 3.63) is 71.8 Å². The third-order valence-electron chi connectivity index (χ3n) is 4.00. The first-order valence-corrected chi connectivity index (χ1v) is 7.55. The molecule has 0 aromatic heterocycles. The van der Waals surface area contributed by atoms with E-state index in [2.05, 4.69) is 70.6 Å². The summed E-state index contributed by atoms with van der Waals surface area (Å²) in [5, 5.41) is 0. The van der Waals surface area contributed by atoms with Crippen LogP contribution in [-0.2, 0) is 6.42 Å². The van der Waals surface area contributed by atoms with E-state index in [0.717, 1.165) is 19.3 Å². The Bertz CT molecular complexity index is 590. The Morgan fingerprint density at radius 3 is 2.29 bits per heavy atom. The van der Waals surface area contributed by atoms with Crippen LogP contribution in [0.4, 0.5) is 0 Å². The Balaban J connectivity index is 1.69. The van der Waals surface area contributed by atoms with E-state index < -0.39 is 0 Å². The molecule has 2 unspecified atom stereocenters. The molecule has 0 saturated carbocycles. The molecule has 2 nitrogen and oxygen atoms in total. The second-order valence-corrected chi connectivity index (χ2v) is 5.50. The lowest BCUT2D eigenvalue weighted by Crippen LogP contribution is -2.11. The van der Waals surface area contributed by atoms with Crippen LogP contribution in [0.2, 0.25) is 0 Å². The van der Waals surface area contributed by atoms with E-state index in [0.29, 0.717) is 5.92 Å². The van der Waals surface area contributed by atoms with Gasteiger partial charge < -0.3 is 0 Å². The van der Waals surface area contributed by atoms with Gasteiger partial charge in [-0.3, -0.25) is 4.99 Å². The first kappa shape index (κ1) is 13.7. The maximum atomic E-state index is 4.41. The Hall–Kier alpha value is -2.22. The molecule has 0 radical (unpaired) electrons. The maximum absolute atomic E-state index is 4.41. The van der Waals surface area contributed by atoms with Gasteiger partial charge in [0.2, 0.25) is 0 Å². The lowest BCUT2D eigenvalue weighted by Gasteiger charge is -2.19. The molecular formula is C19H20N2. The average Bonchev–Trinajstić information content (AvgIpc) is 3.06. The second kappa shape index (κ2) is 6.98. The molecule has 1 aliphatic heterocycles. The zero-order valence-electron chi connectivity index (χ0n) is 12.1. The van der Waals surface area contributed by atoms with E-state index in [9.17, 15) is 0 Å². The minimum absolute atomic E-state index is 0.242. The van der Waals surface area contributed by atoms with Crippen molar-refractivity contribution in [2.24, 2.45) is 9.98 Å². The van der Waals surface area contributed by atoms with Crippen LogP contribution in [0.15, 0.2) is 70.6 Å². The molecule has 2 aromatic carbocycles. The third kappa shape index (κ3) is 3.88. The van der Waals surface area contributed by atoms with Gasteiger partial charge in [-0.15, -0.1) is 0 Å². The summed E-state index contributed by atoms with van der Waals surface area (Å²) in [6.45, 7) is 0. The molecule has 106 valence electrons. The number of rotatable bonds is 6. The predicted molar refractivity (Wildman–Crippen MR) is 89.3 cm³/mol. The third-order valence-corrected chi connectivity index (χ3v) is 4.00. The molecule has 0 bridgehead atoms. The highest BCUT2D eigenvalue weighted by atomic mass is 14.9. The molecule has 2 aromatic rings. The van der Waals surface area contributed by atoms with E-state index in [1.54, 1.807) is 6.34 Å². The van der Waals surface area contributed by atoms with Crippen LogP contribution >= 0.6 is 0 Å². The molecule has 1 heterocycles. The first-order valence-electron chi connectivity index (χ1n) is 7.55. The van der Waals surface area contributed by atoms with E-state index in [-0.39, 0.29) is 6.04 Å². The summed E-state index contributed by atoms with van der Waals surface area (Å²) in [6.07, 6.45) is 6.92. The van der Waals surface area contributed by atoms with Crippen LogP contribution in [0, 0.1) is 0 Å². The topological polar surface area (TPSA) is 24.7 Å². The van der Waals surface area contributed by atoms with Gasteiger partial charge in [0.1, 0.15) is 6.34 Å². The average molecular weight is 276 g/mol. The molecule has 2 heteroatoms. The van der Waals surface area contributed by atoms with Crippen molar-refractivity contribution in [2.45, 2.75) is 31.2 Å². The fraction of sp³-hybridized carbons (Fsp3) is 0.263. The highest BCUT2D eigenvalue weighted by Crippen LogP contribution is 2.27. The summed E-state index contributed by atoms with van der Waals surface area (Å²) < 4.78 is 0. The van der Waals surface area contributed by atoms with Gasteiger partial charge in [0, 0.05) is 6.21 Å². The SMILES string of the molecule is C1=NC=NC1CC(CCc1ccccc1)c1ccccc1. The lowest BCUT2D eigenvalue weighted by molar-refractivity contribution is 0.563. The van der Waals surface area contributed by atoms with E-state index in [4.69, 9.17) is 0 Å². The number of hydrogen-bond acceptors (Lipinski definition) is 2. The van der Waals surface area contributed by atoms with E-state index in [1.807, 2.05) is 6.21 Å². The van der Waals surface area contributed by atoms with Gasteiger partial charge in [-0.1, -0.05) is 60.7 Å². The molecule has 21 heavy (non-hydrogen) atoms. The summed E-state index contributed by atoms with van der Waals surface area (Å²) in [4.78, 5) is 8.52. The quantitative estimate of drug-likeness (QED) is 0.752. The summed E-state index contributed by atoms with van der Waals surface area (Å²) in [6, 6.07) is 21.7. The molecule has 3 rings (SSSR count). The lowest BCUT2D eigenvalue weighted by atomic mass is 9.87. The molecule has 0 saturated heterocycles. The largest absolute Gasteiger partial charge is 0.264 e. The smallest absolute Gasteiger partial charge is 0.110 e. The van der Waals surface area contributed by atoms with Crippen molar-refractivity contribution >= 4 is 12.6 Å². The molecule has 0 amide bonds. The van der Waals surface area contributed by atoms with Gasteiger partial charge in [0.05, 0.1) is 6.04 Å². The highest BCUT2D eigenvalue weighted by molar-refractivity contribution is 5.82. The summed E-state index contributed by atoms with van der Waals surface area (Å²) in [7, 11) is 0. The van der Waals surface area contributed by atoms with Crippen LogP contribution < -0.4 is 0 Å². The number of hydrogen-bond donors (Lipinski definition) is 0. The highest BCUT2D eigenvalue weighted by Gasteiger charge is 2.17. The van der Waals surface area contributed by atoms with Crippen molar-refractivity contribution in [3.63, 3.8) is 0 Å². The molecule has 2 atom stereocenters. The van der Waals surface area contributed by atoms with Crippen LogP contribution in [-0.4, -0.2) is 18.6 Å². The normalized spacial score (nSPS) is 18.0. The van der Waals surface area contributed by atoms with Crippen LogP contribution in [0.1, 0.15) is 29.9 Å². The summed E-state index contributed by atoms with van der Waals surface area (Å²) in [5.74, 6) is 0.526. The van der Waals surface area contributed by atoms with E-state index in [1.165, 1.54) is 11.1 Å². The Kier molecular flexibility index (Phi) is 4.57. The Labute approximate surface area is 126 Å². The van der Waals surface area contributed by atoms with E-state index >= 15 is 0 Å². The monoisotopic (exact) mass is 276 g/mol. The van der Waals surface area contributed by atoms with Crippen molar-refractivity contribution in [2.75, 3.05) is 0 Å². The van der Waals surface area contributed by atoms with Gasteiger partial charge in [0.15, 0.2) is 0 Å². The fourth-order valence-corrected chi connectivity index (χ4v) is 2.85. The zero-order valence-corrected chi connectivity index (χ0v) is 12.1. The van der Waals surface area contributed by atoms with Crippen LogP contribution in [0.5, 0.6) is 0 Å². The molecule has 0 fully saturated rings. The first-order chi connectivity index (χ1) is 10.4. The van der Waals surface area contributed by atoms with Gasteiger partial charge in [-0.2, -0.15) is 0 Å². The standard InChI is InChI=1S/C19H20N2/c1-3-7-16(8-4-1)11-12-18(13-19-14-20-15-21-19)17-9-5-2-6-10-17/h1-10,14-15,18-19H,11-13H2. The van der Waals surface area contributed by atoms with Gasteiger partial charge in [0.25, 0.3) is 0 Å². The Morgan fingerprint density at radius 1 is 0.905 bits per heavy atom. The van der Waals surface area contributed by atoms with Crippen molar-refractivity contribution in [1.29, 1.82) is 0 Å². The number of aryl methyl sites for hydroxylation is 1. The zero-order chi connectivity index (χ0) is 14.3. The predicted octanol–water partition coefficient (Wildman–Crippen LogP) is 4.27. The summed E-state index contributed by atoms with van der Waals surface area (Å²) in [5.41, 5.74) is 2.81. The maximum Gasteiger partial charge on any atom is 0.110 e. The van der Waals surface area contributed by atoms with Gasteiger partial charge >= 0.3 is 0 Å². The van der Waals surface area contributed by atoms with Gasteiger partial charge in [-0.05, 0) is 36.3 Å². The second-order valence-electron chi connectivity index (χ2n) is 5.50. The number of benzene rings is 2. The van der Waals surface area contributed by atoms with Crippen molar-refractivity contribution < 1.29 is 0 Å². The number of nitrogens with zero attached hydrogens (tertiary/aromatic N) is 2. The minimum atomic E-state index is 0.242. The molecular weight excluding hydrogens is 256 g/mol. The Morgan fingerprint density at radius 2 is 1.62 bits per heavy atom. The van der Waals surface area contributed by atoms with Crippen molar-refractivity contribution in [3.8, 4) is 0 Å². The summed E-state index contributed by atoms with van der Waals surface area (Å²) >= 11 is 0. The fourth-order valence-electron chi connectivity index (χ4n) is 2.85. The minimum Gasteiger partial charge on any atom is -0.264 e. The van der Waals surface area contributed by atoms with Gasteiger partial charge in [-0.25, -0.2) is 4.99 Å². The molecule has 0 N–H and O–H groups in total. The number of aliphatic imine (C=N–C) groups is 2. The van der Waals surface area contributed by atoms with Crippen LogP contribution in [0.3, 0.4) is 0 Å². The molecule has 1 aliphatic rings. The van der Waals surface area contributed by atoms with Crippen LogP contribution in [0.25, 0.3) is 0 Å².